The van der Waals surface area contributed by atoms with Crippen LogP contribution in [0.15, 0.2) is 11.0 Å². The number of nitrogens with zero attached hydrogens (tertiary/aromatic N) is 2. The Bertz CT molecular complexity index is 576. The Morgan fingerprint density at radius 3 is 2.81 bits per heavy atom. The van der Waals surface area contributed by atoms with Gasteiger partial charge < -0.3 is 4.98 Å². The molecule has 0 unspecified atom stereocenters. The van der Waals surface area contributed by atoms with Crippen molar-refractivity contribution in [1.29, 1.82) is 0 Å². The van der Waals surface area contributed by atoms with E-state index in [2.05, 4.69) is 15.0 Å². The van der Waals surface area contributed by atoms with Crippen molar-refractivity contribution in [2.45, 2.75) is 20.3 Å². The van der Waals surface area contributed by atoms with Gasteiger partial charge in [0.05, 0.1) is 6.20 Å². The lowest BCUT2D eigenvalue weighted by Crippen LogP contribution is -2.16. The van der Waals surface area contributed by atoms with Crippen molar-refractivity contribution in [3.8, 4) is 10.8 Å². The van der Waals surface area contributed by atoms with Crippen molar-refractivity contribution in [1.82, 2.24) is 15.0 Å². The first-order chi connectivity index (χ1) is 7.61. The molecule has 0 amide bonds. The summed E-state index contributed by atoms with van der Waals surface area (Å²) < 4.78 is 0.579. The predicted octanol–water partition coefficient (Wildman–Crippen LogP) is 2.42. The van der Waals surface area contributed by atoms with E-state index in [9.17, 15) is 4.79 Å². The van der Waals surface area contributed by atoms with Crippen LogP contribution in [0.1, 0.15) is 18.2 Å². The summed E-state index contributed by atoms with van der Waals surface area (Å²) in [5, 5.41) is 0.632. The first kappa shape index (κ1) is 11.3. The number of thiazole rings is 1. The smallest absolute Gasteiger partial charge is 0.254 e. The van der Waals surface area contributed by atoms with Gasteiger partial charge in [-0.2, -0.15) is 0 Å². The summed E-state index contributed by atoms with van der Waals surface area (Å²) in [6, 6.07) is 0. The lowest BCUT2D eigenvalue weighted by Gasteiger charge is -2.02. The van der Waals surface area contributed by atoms with E-state index in [1.807, 2.05) is 13.8 Å². The van der Waals surface area contributed by atoms with Gasteiger partial charge in [0.15, 0.2) is 10.8 Å². The summed E-state index contributed by atoms with van der Waals surface area (Å²) in [6.45, 7) is 3.76. The van der Waals surface area contributed by atoms with Gasteiger partial charge in [-0.05, 0) is 13.3 Å². The van der Waals surface area contributed by atoms with Gasteiger partial charge in [-0.15, -0.1) is 0 Å². The minimum atomic E-state index is -0.101. The van der Waals surface area contributed by atoms with E-state index in [0.29, 0.717) is 27.2 Å². The van der Waals surface area contributed by atoms with Crippen LogP contribution in [-0.4, -0.2) is 15.0 Å². The molecule has 0 aliphatic rings. The van der Waals surface area contributed by atoms with Crippen molar-refractivity contribution in [3.63, 3.8) is 0 Å². The third kappa shape index (κ3) is 2.01. The van der Waals surface area contributed by atoms with Crippen molar-refractivity contribution in [2.75, 3.05) is 0 Å². The average Bonchev–Trinajstić information content (AvgIpc) is 2.64. The normalized spacial score (nSPS) is 10.7. The molecule has 0 saturated carbocycles. The molecule has 84 valence electrons. The zero-order chi connectivity index (χ0) is 11.7. The summed E-state index contributed by atoms with van der Waals surface area (Å²) in [4.78, 5) is 22.8. The van der Waals surface area contributed by atoms with Crippen LogP contribution in [-0.2, 0) is 6.42 Å². The van der Waals surface area contributed by atoms with E-state index in [0.717, 1.165) is 5.69 Å². The van der Waals surface area contributed by atoms with Gasteiger partial charge in [0, 0.05) is 11.3 Å². The Balaban J connectivity index is 2.56. The van der Waals surface area contributed by atoms with Crippen LogP contribution < -0.4 is 5.56 Å². The molecule has 1 N–H and O–H groups in total. The summed E-state index contributed by atoms with van der Waals surface area (Å²) >= 11 is 7.08. The lowest BCUT2D eigenvalue weighted by atomic mass is 10.2. The van der Waals surface area contributed by atoms with Crippen molar-refractivity contribution >= 4 is 22.9 Å². The molecule has 0 radical (unpaired) electrons. The lowest BCUT2D eigenvalue weighted by molar-refractivity contribution is 0.966. The minimum Gasteiger partial charge on any atom is -0.304 e. The van der Waals surface area contributed by atoms with Crippen LogP contribution >= 0.6 is 22.9 Å². The number of hydrogen-bond donors (Lipinski definition) is 1. The highest BCUT2D eigenvalue weighted by atomic mass is 35.5. The van der Waals surface area contributed by atoms with Crippen LogP contribution in [0, 0.1) is 6.92 Å². The van der Waals surface area contributed by atoms with Crippen molar-refractivity contribution < 1.29 is 0 Å². The summed E-state index contributed by atoms with van der Waals surface area (Å²) in [5.41, 5.74) is 1.36. The van der Waals surface area contributed by atoms with E-state index in [1.54, 1.807) is 6.20 Å². The van der Waals surface area contributed by atoms with Crippen LogP contribution in [0.3, 0.4) is 0 Å². The Hall–Kier alpha value is -1.20. The highest BCUT2D eigenvalue weighted by Crippen LogP contribution is 2.25. The van der Waals surface area contributed by atoms with Crippen molar-refractivity contribution in [3.05, 3.63) is 32.1 Å². The number of nitrogens with one attached hydrogen (secondary N) is 1. The van der Waals surface area contributed by atoms with E-state index in [-0.39, 0.29) is 5.56 Å². The summed E-state index contributed by atoms with van der Waals surface area (Å²) in [5.74, 6) is 0.483. The number of aromatic nitrogens is 3. The van der Waals surface area contributed by atoms with Gasteiger partial charge in [0.2, 0.25) is 0 Å². The second kappa shape index (κ2) is 4.35. The highest BCUT2D eigenvalue weighted by molar-refractivity contribution is 7.18. The molecule has 0 aliphatic heterocycles. The molecule has 2 heterocycles. The largest absolute Gasteiger partial charge is 0.304 e. The fourth-order valence-corrected chi connectivity index (χ4v) is 2.35. The summed E-state index contributed by atoms with van der Waals surface area (Å²) in [7, 11) is 0. The number of rotatable bonds is 2. The number of aryl methyl sites for hydroxylation is 1. The molecule has 0 aliphatic carbocycles. The fraction of sp³-hybridized carbons (Fsp3) is 0.300. The molecule has 0 aromatic carbocycles. The minimum absolute atomic E-state index is 0.101. The van der Waals surface area contributed by atoms with E-state index in [1.165, 1.54) is 11.3 Å². The SMILES string of the molecule is CCc1c(C)nc(-c2ncc(Cl)s2)[nH]c1=O. The zero-order valence-electron chi connectivity index (χ0n) is 8.87. The van der Waals surface area contributed by atoms with Gasteiger partial charge in [0.1, 0.15) is 4.34 Å². The number of aromatic amines is 1. The van der Waals surface area contributed by atoms with Gasteiger partial charge >= 0.3 is 0 Å². The van der Waals surface area contributed by atoms with Crippen molar-refractivity contribution in [2.24, 2.45) is 0 Å². The molecule has 0 bridgehead atoms. The quantitative estimate of drug-likeness (QED) is 0.897. The van der Waals surface area contributed by atoms with Gasteiger partial charge in [0.25, 0.3) is 5.56 Å². The van der Waals surface area contributed by atoms with E-state index in [4.69, 9.17) is 11.6 Å². The standard InChI is InChI=1S/C10H10ClN3OS/c1-3-6-5(2)13-8(14-9(6)15)10-12-4-7(11)16-10/h4H,3H2,1-2H3,(H,13,14,15). The molecular weight excluding hydrogens is 246 g/mol. The molecule has 0 saturated heterocycles. The van der Waals surface area contributed by atoms with Gasteiger partial charge in [-0.3, -0.25) is 4.79 Å². The molecular formula is C10H10ClN3OS. The Labute approximate surface area is 101 Å². The molecule has 0 atom stereocenters. The first-order valence-electron chi connectivity index (χ1n) is 4.83. The van der Waals surface area contributed by atoms with Crippen LogP contribution in [0.25, 0.3) is 10.8 Å². The second-order valence-electron chi connectivity index (χ2n) is 3.30. The molecule has 2 rings (SSSR count). The number of hydrogen-bond acceptors (Lipinski definition) is 4. The number of H-pyrrole nitrogens is 1. The van der Waals surface area contributed by atoms with Crippen LogP contribution in [0.4, 0.5) is 0 Å². The zero-order valence-corrected chi connectivity index (χ0v) is 10.4. The number of halogens is 1. The maximum atomic E-state index is 11.7. The maximum Gasteiger partial charge on any atom is 0.254 e. The average molecular weight is 256 g/mol. The van der Waals surface area contributed by atoms with Crippen LogP contribution in [0.5, 0.6) is 0 Å². The Kier molecular flexibility index (Phi) is 3.07. The highest BCUT2D eigenvalue weighted by Gasteiger charge is 2.10. The molecule has 4 nitrogen and oxygen atoms in total. The molecule has 0 spiro atoms. The van der Waals surface area contributed by atoms with E-state index >= 15 is 0 Å². The molecule has 6 heteroatoms. The second-order valence-corrected chi connectivity index (χ2v) is 4.96. The maximum absolute atomic E-state index is 11.7. The fourth-order valence-electron chi connectivity index (χ4n) is 1.49. The predicted molar refractivity (Wildman–Crippen MR) is 65.1 cm³/mol. The first-order valence-corrected chi connectivity index (χ1v) is 6.02. The Morgan fingerprint density at radius 2 is 2.31 bits per heavy atom. The topological polar surface area (TPSA) is 58.6 Å². The van der Waals surface area contributed by atoms with Gasteiger partial charge in [-0.1, -0.05) is 29.9 Å². The monoisotopic (exact) mass is 255 g/mol. The molecule has 2 aromatic rings. The third-order valence-corrected chi connectivity index (χ3v) is 3.38. The molecule has 0 fully saturated rings. The van der Waals surface area contributed by atoms with Gasteiger partial charge in [-0.25, -0.2) is 9.97 Å². The Morgan fingerprint density at radius 1 is 1.56 bits per heavy atom. The summed E-state index contributed by atoms with van der Waals surface area (Å²) in [6.07, 6.45) is 2.22. The van der Waals surface area contributed by atoms with E-state index < -0.39 is 0 Å². The molecule has 2 aromatic heterocycles. The van der Waals surface area contributed by atoms with Crippen LogP contribution in [0.2, 0.25) is 4.34 Å². The molecule has 16 heavy (non-hydrogen) atoms. The third-order valence-electron chi connectivity index (χ3n) is 2.26.